The molecule has 3 N–H and O–H groups in total. The summed E-state index contributed by atoms with van der Waals surface area (Å²) in [5.74, 6) is -1.35. The third-order valence-corrected chi connectivity index (χ3v) is 2.20. The van der Waals surface area contributed by atoms with Crippen LogP contribution >= 0.6 is 12.4 Å². The van der Waals surface area contributed by atoms with Crippen molar-refractivity contribution in [3.8, 4) is 0 Å². The van der Waals surface area contributed by atoms with Crippen molar-refractivity contribution in [3.63, 3.8) is 0 Å². The molecule has 0 unspecified atom stereocenters. The zero-order valence-electron chi connectivity index (χ0n) is 8.83. The normalized spacial score (nSPS) is 15.0. The first kappa shape index (κ1) is 16.1. The minimum absolute atomic E-state index is 0. The highest BCUT2D eigenvalue weighted by molar-refractivity contribution is 5.85. The van der Waals surface area contributed by atoms with Crippen LogP contribution in [-0.4, -0.2) is 11.2 Å². The molecule has 0 heterocycles. The van der Waals surface area contributed by atoms with Crippen molar-refractivity contribution in [2.75, 3.05) is 0 Å². The van der Waals surface area contributed by atoms with E-state index in [2.05, 4.69) is 0 Å². The number of alkyl halides is 3. The summed E-state index contributed by atoms with van der Waals surface area (Å²) in [4.78, 5) is 0. The van der Waals surface area contributed by atoms with Gasteiger partial charge in [0.2, 0.25) is 0 Å². The molecule has 17 heavy (non-hydrogen) atoms. The summed E-state index contributed by atoms with van der Waals surface area (Å²) >= 11 is 0. The molecule has 2 nitrogen and oxygen atoms in total. The lowest BCUT2D eigenvalue weighted by Gasteiger charge is -2.17. The molecular formula is C10H12ClF4NO. The zero-order valence-corrected chi connectivity index (χ0v) is 9.65. The van der Waals surface area contributed by atoms with Gasteiger partial charge in [0.1, 0.15) is 5.82 Å². The van der Waals surface area contributed by atoms with Gasteiger partial charge in [-0.3, -0.25) is 0 Å². The minimum atomic E-state index is -4.77. The van der Waals surface area contributed by atoms with Gasteiger partial charge in [-0.1, -0.05) is 6.07 Å². The average Bonchev–Trinajstić information content (AvgIpc) is 2.15. The maximum atomic E-state index is 12.9. The van der Waals surface area contributed by atoms with Crippen molar-refractivity contribution in [1.82, 2.24) is 0 Å². The lowest BCUT2D eigenvalue weighted by atomic mass is 10.0. The van der Waals surface area contributed by atoms with Gasteiger partial charge in [-0.05, 0) is 24.6 Å². The van der Waals surface area contributed by atoms with Gasteiger partial charge in [0.15, 0.2) is 0 Å². The van der Waals surface area contributed by atoms with E-state index in [4.69, 9.17) is 10.8 Å². The summed E-state index contributed by atoms with van der Waals surface area (Å²) in [6.45, 7) is 1.35. The number of benzene rings is 1. The quantitative estimate of drug-likeness (QED) is 0.814. The number of halogens is 5. The molecule has 0 fully saturated rings. The van der Waals surface area contributed by atoms with E-state index in [1.165, 1.54) is 6.92 Å². The van der Waals surface area contributed by atoms with Crippen LogP contribution in [0.2, 0.25) is 0 Å². The molecule has 1 aromatic carbocycles. The maximum Gasteiger partial charge on any atom is 0.419 e. The predicted octanol–water partition coefficient (Wildman–Crippen LogP) is 2.65. The highest BCUT2D eigenvalue weighted by atomic mass is 35.5. The fourth-order valence-corrected chi connectivity index (χ4v) is 1.25. The van der Waals surface area contributed by atoms with Crippen LogP contribution in [0, 0.1) is 5.82 Å². The molecule has 0 saturated carbocycles. The molecule has 0 aliphatic rings. The van der Waals surface area contributed by atoms with Crippen LogP contribution in [-0.2, 0) is 6.18 Å². The van der Waals surface area contributed by atoms with E-state index in [0.717, 1.165) is 6.07 Å². The van der Waals surface area contributed by atoms with Gasteiger partial charge in [0.25, 0.3) is 0 Å². The van der Waals surface area contributed by atoms with Crippen LogP contribution in [0.3, 0.4) is 0 Å². The highest BCUT2D eigenvalue weighted by Crippen LogP contribution is 2.33. The van der Waals surface area contributed by atoms with Gasteiger partial charge in [-0.25, -0.2) is 4.39 Å². The van der Waals surface area contributed by atoms with Gasteiger partial charge in [0, 0.05) is 0 Å². The fourth-order valence-electron chi connectivity index (χ4n) is 1.25. The van der Waals surface area contributed by atoms with E-state index < -0.39 is 29.7 Å². The average molecular weight is 274 g/mol. The molecule has 0 aliphatic carbocycles. The van der Waals surface area contributed by atoms with Crippen LogP contribution in [0.25, 0.3) is 0 Å². The number of hydrogen-bond acceptors (Lipinski definition) is 2. The van der Waals surface area contributed by atoms with Crippen molar-refractivity contribution in [2.24, 2.45) is 5.73 Å². The Kier molecular flexibility index (Phi) is 5.38. The first-order valence-corrected chi connectivity index (χ1v) is 4.53. The fraction of sp³-hybridized carbons (Fsp3) is 0.400. The largest absolute Gasteiger partial charge is 0.419 e. The summed E-state index contributed by atoms with van der Waals surface area (Å²) in [7, 11) is 0. The smallest absolute Gasteiger partial charge is 0.391 e. The van der Waals surface area contributed by atoms with Gasteiger partial charge in [-0.2, -0.15) is 13.2 Å². The molecule has 2 atom stereocenters. The molecule has 7 heteroatoms. The maximum absolute atomic E-state index is 12.9. The van der Waals surface area contributed by atoms with Gasteiger partial charge < -0.3 is 10.8 Å². The van der Waals surface area contributed by atoms with E-state index in [-0.39, 0.29) is 18.0 Å². The Labute approximate surface area is 102 Å². The first-order chi connectivity index (χ1) is 7.23. The minimum Gasteiger partial charge on any atom is -0.391 e. The first-order valence-electron chi connectivity index (χ1n) is 4.53. The molecule has 1 aromatic rings. The van der Waals surface area contributed by atoms with Crippen molar-refractivity contribution >= 4 is 12.4 Å². The third-order valence-electron chi connectivity index (χ3n) is 2.20. The highest BCUT2D eigenvalue weighted by Gasteiger charge is 2.34. The van der Waals surface area contributed by atoms with Crippen molar-refractivity contribution in [2.45, 2.75) is 25.2 Å². The summed E-state index contributed by atoms with van der Waals surface area (Å²) in [5.41, 5.74) is 4.13. The summed E-state index contributed by atoms with van der Waals surface area (Å²) < 4.78 is 50.0. The van der Waals surface area contributed by atoms with Crippen LogP contribution in [0.5, 0.6) is 0 Å². The lowest BCUT2D eigenvalue weighted by Crippen LogP contribution is -2.24. The molecule has 0 aliphatic heterocycles. The monoisotopic (exact) mass is 273 g/mol. The Morgan fingerprint density at radius 3 is 2.24 bits per heavy atom. The number of rotatable bonds is 2. The van der Waals surface area contributed by atoms with Crippen LogP contribution < -0.4 is 5.73 Å². The molecule has 1 rings (SSSR count). The van der Waals surface area contributed by atoms with E-state index in [1.807, 2.05) is 0 Å². The number of aliphatic hydroxyl groups excluding tert-OH is 1. The molecule has 0 radical (unpaired) electrons. The molecule has 0 aromatic heterocycles. The van der Waals surface area contributed by atoms with Crippen LogP contribution in [0.1, 0.15) is 24.1 Å². The SMILES string of the molecule is C[C@H](O)[C@H](N)c1ccc(F)c(C(F)(F)F)c1.Cl. The van der Waals surface area contributed by atoms with Crippen molar-refractivity contribution < 1.29 is 22.7 Å². The third kappa shape index (κ3) is 3.83. The number of hydrogen-bond donors (Lipinski definition) is 2. The standard InChI is InChI=1S/C10H11F4NO.ClH/c1-5(16)9(15)6-2-3-8(11)7(4-6)10(12,13)14;/h2-5,9,16H,15H2,1H3;1H/t5-,9-;/m0./s1. The summed E-state index contributed by atoms with van der Waals surface area (Å²) in [5, 5.41) is 9.14. The zero-order chi connectivity index (χ0) is 12.5. The Morgan fingerprint density at radius 1 is 1.29 bits per heavy atom. The second-order valence-electron chi connectivity index (χ2n) is 3.50. The number of nitrogens with two attached hydrogens (primary N) is 1. The second kappa shape index (κ2) is 5.66. The predicted molar refractivity (Wildman–Crippen MR) is 57.3 cm³/mol. The molecule has 0 amide bonds. The van der Waals surface area contributed by atoms with Crippen LogP contribution in [0.4, 0.5) is 17.6 Å². The van der Waals surface area contributed by atoms with Gasteiger partial charge >= 0.3 is 6.18 Å². The molecule has 98 valence electrons. The topological polar surface area (TPSA) is 46.2 Å². The Morgan fingerprint density at radius 2 is 1.82 bits per heavy atom. The van der Waals surface area contributed by atoms with Gasteiger partial charge in [-0.15, -0.1) is 12.4 Å². The summed E-state index contributed by atoms with van der Waals surface area (Å²) in [6, 6.07) is 1.47. The van der Waals surface area contributed by atoms with Crippen molar-refractivity contribution in [1.29, 1.82) is 0 Å². The molecule has 0 bridgehead atoms. The van der Waals surface area contributed by atoms with Crippen molar-refractivity contribution in [3.05, 3.63) is 35.1 Å². The van der Waals surface area contributed by atoms with Gasteiger partial charge in [0.05, 0.1) is 17.7 Å². The molecule has 0 saturated heterocycles. The Balaban J connectivity index is 0.00000256. The van der Waals surface area contributed by atoms with E-state index in [9.17, 15) is 17.6 Å². The molecule has 0 spiro atoms. The Bertz CT molecular complexity index is 381. The lowest BCUT2D eigenvalue weighted by molar-refractivity contribution is -0.140. The van der Waals surface area contributed by atoms with E-state index >= 15 is 0 Å². The van der Waals surface area contributed by atoms with Crippen LogP contribution in [0.15, 0.2) is 18.2 Å². The van der Waals surface area contributed by atoms with E-state index in [1.54, 1.807) is 0 Å². The number of aliphatic hydroxyl groups is 1. The second-order valence-corrected chi connectivity index (χ2v) is 3.50. The van der Waals surface area contributed by atoms with E-state index in [0.29, 0.717) is 12.1 Å². The summed E-state index contributed by atoms with van der Waals surface area (Å²) in [6.07, 6.45) is -5.77. The molecular weight excluding hydrogens is 262 g/mol. The Hall–Kier alpha value is -0.850.